The maximum atomic E-state index is 13.1. The van der Waals surface area contributed by atoms with Gasteiger partial charge in [-0.1, -0.05) is 19.8 Å². The molecule has 1 unspecified atom stereocenters. The van der Waals surface area contributed by atoms with Crippen molar-refractivity contribution in [3.8, 4) is 0 Å². The van der Waals surface area contributed by atoms with Crippen molar-refractivity contribution in [2.24, 2.45) is 0 Å². The first kappa shape index (κ1) is 14.8. The molecule has 0 aliphatic heterocycles. The van der Waals surface area contributed by atoms with E-state index in [9.17, 15) is 9.18 Å². The van der Waals surface area contributed by atoms with Crippen LogP contribution in [0.25, 0.3) is 0 Å². The van der Waals surface area contributed by atoms with Crippen molar-refractivity contribution in [2.45, 2.75) is 36.3 Å². The van der Waals surface area contributed by atoms with Crippen LogP contribution >= 0.6 is 11.8 Å². The van der Waals surface area contributed by atoms with Gasteiger partial charge in [0.2, 0.25) is 0 Å². The number of carbonyl (C=O) groups excluding carboxylic acids is 1. The molecule has 18 heavy (non-hydrogen) atoms. The standard InChI is InChI=1S/C13H18FNO2S/c1-3-4-5-11(13(16)17-2)18-12-8-9(14)6-7-10(12)15/h6-8,11H,3-5,15H2,1-2H3. The van der Waals surface area contributed by atoms with Gasteiger partial charge in [-0.05, 0) is 24.6 Å². The van der Waals surface area contributed by atoms with Crippen LogP contribution in [-0.2, 0) is 9.53 Å². The summed E-state index contributed by atoms with van der Waals surface area (Å²) in [5.74, 6) is -0.650. The van der Waals surface area contributed by atoms with Crippen LogP contribution in [0.4, 0.5) is 10.1 Å². The fourth-order valence-electron chi connectivity index (χ4n) is 1.51. The first-order valence-corrected chi connectivity index (χ1v) is 6.76. The third-order valence-electron chi connectivity index (χ3n) is 2.53. The van der Waals surface area contributed by atoms with Gasteiger partial charge in [0.05, 0.1) is 7.11 Å². The molecule has 0 aliphatic rings. The van der Waals surface area contributed by atoms with Crippen molar-refractivity contribution in [3.05, 3.63) is 24.0 Å². The third-order valence-corrected chi connectivity index (χ3v) is 3.85. The normalized spacial score (nSPS) is 12.2. The maximum absolute atomic E-state index is 13.1. The summed E-state index contributed by atoms with van der Waals surface area (Å²) in [5, 5.41) is -0.334. The largest absolute Gasteiger partial charge is 0.468 e. The van der Waals surface area contributed by atoms with Gasteiger partial charge in [-0.15, -0.1) is 11.8 Å². The minimum atomic E-state index is -0.356. The number of anilines is 1. The number of nitrogen functional groups attached to an aromatic ring is 1. The van der Waals surface area contributed by atoms with Crippen LogP contribution in [0.15, 0.2) is 23.1 Å². The number of hydrogen-bond acceptors (Lipinski definition) is 4. The monoisotopic (exact) mass is 271 g/mol. The van der Waals surface area contributed by atoms with Gasteiger partial charge in [0, 0.05) is 10.6 Å². The maximum Gasteiger partial charge on any atom is 0.319 e. The molecule has 0 saturated carbocycles. The second-order valence-electron chi connectivity index (χ2n) is 3.95. The minimum Gasteiger partial charge on any atom is -0.468 e. The molecule has 0 fully saturated rings. The molecular weight excluding hydrogens is 253 g/mol. The molecule has 5 heteroatoms. The van der Waals surface area contributed by atoms with Crippen LogP contribution in [0, 0.1) is 5.82 Å². The van der Waals surface area contributed by atoms with Gasteiger partial charge in [-0.3, -0.25) is 4.79 Å². The average molecular weight is 271 g/mol. The zero-order valence-corrected chi connectivity index (χ0v) is 11.4. The Morgan fingerprint density at radius 3 is 2.89 bits per heavy atom. The second kappa shape index (κ2) is 7.26. The van der Waals surface area contributed by atoms with Gasteiger partial charge in [0.1, 0.15) is 11.1 Å². The van der Waals surface area contributed by atoms with Gasteiger partial charge >= 0.3 is 5.97 Å². The summed E-state index contributed by atoms with van der Waals surface area (Å²) in [6.07, 6.45) is 2.61. The van der Waals surface area contributed by atoms with Crippen molar-refractivity contribution in [1.82, 2.24) is 0 Å². The van der Waals surface area contributed by atoms with Crippen molar-refractivity contribution < 1.29 is 13.9 Å². The van der Waals surface area contributed by atoms with Crippen molar-refractivity contribution in [3.63, 3.8) is 0 Å². The molecule has 2 N–H and O–H groups in total. The third kappa shape index (κ3) is 4.22. The SMILES string of the molecule is CCCCC(Sc1cc(F)ccc1N)C(=O)OC. The Morgan fingerprint density at radius 1 is 1.56 bits per heavy atom. The van der Waals surface area contributed by atoms with E-state index in [2.05, 4.69) is 6.92 Å². The molecule has 0 saturated heterocycles. The Morgan fingerprint density at radius 2 is 2.28 bits per heavy atom. The number of thioether (sulfide) groups is 1. The summed E-state index contributed by atoms with van der Waals surface area (Å²) in [4.78, 5) is 12.2. The van der Waals surface area contributed by atoms with Crippen LogP contribution in [0.3, 0.4) is 0 Å². The molecule has 1 rings (SSSR count). The highest BCUT2D eigenvalue weighted by Gasteiger charge is 2.21. The Hall–Kier alpha value is -1.23. The van der Waals surface area contributed by atoms with Crippen LogP contribution in [0.2, 0.25) is 0 Å². The van der Waals surface area contributed by atoms with E-state index in [0.29, 0.717) is 17.0 Å². The summed E-state index contributed by atoms with van der Waals surface area (Å²) in [7, 11) is 1.36. The number of ether oxygens (including phenoxy) is 1. The number of esters is 1. The van der Waals surface area contributed by atoms with Gasteiger partial charge in [-0.25, -0.2) is 4.39 Å². The van der Waals surface area contributed by atoms with Crippen molar-refractivity contribution >= 4 is 23.4 Å². The van der Waals surface area contributed by atoms with E-state index in [-0.39, 0.29) is 17.0 Å². The van der Waals surface area contributed by atoms with Crippen LogP contribution in [-0.4, -0.2) is 18.3 Å². The molecule has 0 aliphatic carbocycles. The van der Waals surface area contributed by atoms with Crippen LogP contribution in [0.1, 0.15) is 26.2 Å². The average Bonchev–Trinajstić information content (AvgIpc) is 2.37. The number of benzene rings is 1. The molecule has 1 atom stereocenters. The Bertz CT molecular complexity index is 412. The number of halogens is 1. The fraction of sp³-hybridized carbons (Fsp3) is 0.462. The lowest BCUT2D eigenvalue weighted by Gasteiger charge is -2.15. The first-order chi connectivity index (χ1) is 8.58. The molecule has 0 spiro atoms. The lowest BCUT2D eigenvalue weighted by Crippen LogP contribution is -2.18. The van der Waals surface area contributed by atoms with Crippen LogP contribution in [0.5, 0.6) is 0 Å². The van der Waals surface area contributed by atoms with E-state index in [4.69, 9.17) is 10.5 Å². The van der Waals surface area contributed by atoms with E-state index in [1.54, 1.807) is 0 Å². The van der Waals surface area contributed by atoms with E-state index >= 15 is 0 Å². The van der Waals surface area contributed by atoms with E-state index in [1.807, 2.05) is 0 Å². The zero-order chi connectivity index (χ0) is 13.5. The molecule has 0 aromatic heterocycles. The first-order valence-electron chi connectivity index (χ1n) is 5.88. The van der Waals surface area contributed by atoms with E-state index < -0.39 is 0 Å². The Labute approximate surface area is 111 Å². The molecule has 1 aromatic carbocycles. The highest BCUT2D eigenvalue weighted by atomic mass is 32.2. The predicted octanol–water partition coefficient (Wildman–Crippen LogP) is 3.23. The number of nitrogens with two attached hydrogens (primary N) is 1. The number of unbranched alkanes of at least 4 members (excludes halogenated alkanes) is 1. The van der Waals surface area contributed by atoms with Gasteiger partial charge in [0.15, 0.2) is 0 Å². The van der Waals surface area contributed by atoms with Crippen molar-refractivity contribution in [2.75, 3.05) is 12.8 Å². The summed E-state index contributed by atoms with van der Waals surface area (Å²) in [6.45, 7) is 2.05. The van der Waals surface area contributed by atoms with Gasteiger partial charge in [-0.2, -0.15) is 0 Å². The molecule has 1 aromatic rings. The quantitative estimate of drug-likeness (QED) is 0.490. The zero-order valence-electron chi connectivity index (χ0n) is 10.6. The molecular formula is C13H18FNO2S. The molecule has 0 radical (unpaired) electrons. The predicted molar refractivity (Wildman–Crippen MR) is 72.0 cm³/mol. The van der Waals surface area contributed by atoms with Gasteiger partial charge in [0.25, 0.3) is 0 Å². The molecule has 100 valence electrons. The molecule has 0 amide bonds. The van der Waals surface area contributed by atoms with Crippen LogP contribution < -0.4 is 5.73 Å². The smallest absolute Gasteiger partial charge is 0.319 e. The summed E-state index contributed by atoms with van der Waals surface area (Å²) in [5.41, 5.74) is 6.25. The molecule has 0 heterocycles. The lowest BCUT2D eigenvalue weighted by atomic mass is 10.2. The fourth-order valence-corrected chi connectivity index (χ4v) is 2.68. The summed E-state index contributed by atoms with van der Waals surface area (Å²) < 4.78 is 17.9. The van der Waals surface area contributed by atoms with E-state index in [0.717, 1.165) is 12.8 Å². The Balaban J connectivity index is 2.81. The highest BCUT2D eigenvalue weighted by molar-refractivity contribution is 8.00. The molecule has 0 bridgehead atoms. The number of carbonyl (C=O) groups is 1. The van der Waals surface area contributed by atoms with E-state index in [1.165, 1.54) is 37.1 Å². The summed E-state index contributed by atoms with van der Waals surface area (Å²) in [6, 6.07) is 4.16. The summed E-state index contributed by atoms with van der Waals surface area (Å²) >= 11 is 1.26. The number of methoxy groups -OCH3 is 1. The highest BCUT2D eigenvalue weighted by Crippen LogP contribution is 2.32. The number of hydrogen-bond donors (Lipinski definition) is 1. The molecule has 3 nitrogen and oxygen atoms in total. The topological polar surface area (TPSA) is 52.3 Å². The number of rotatable bonds is 6. The second-order valence-corrected chi connectivity index (χ2v) is 5.20. The minimum absolute atomic E-state index is 0.294. The van der Waals surface area contributed by atoms with Crippen molar-refractivity contribution in [1.29, 1.82) is 0 Å². The van der Waals surface area contributed by atoms with Gasteiger partial charge < -0.3 is 10.5 Å². The Kier molecular flexibility index (Phi) is 5.98. The lowest BCUT2D eigenvalue weighted by molar-refractivity contribution is -0.140.